The zero-order valence-corrected chi connectivity index (χ0v) is 18.3. The fraction of sp³-hybridized carbons (Fsp3) is 0.259. The van der Waals surface area contributed by atoms with Gasteiger partial charge in [-0.1, -0.05) is 54.6 Å². The van der Waals surface area contributed by atoms with Crippen LogP contribution < -0.4 is 4.74 Å². The number of likely N-dealkylation sites (tertiary alicyclic amines) is 1. The average molecular weight is 426 g/mol. The number of rotatable bonds is 7. The highest BCUT2D eigenvalue weighted by Gasteiger charge is 2.33. The summed E-state index contributed by atoms with van der Waals surface area (Å²) < 4.78 is 8.25. The molecule has 0 radical (unpaired) electrons. The third-order valence-corrected chi connectivity index (χ3v) is 6.05. The number of hydrogen-bond donors (Lipinski definition) is 0. The van der Waals surface area contributed by atoms with Crippen LogP contribution in [0.2, 0.25) is 0 Å². The summed E-state index contributed by atoms with van der Waals surface area (Å²) >= 11 is 0. The number of ether oxygens (including phenoxy) is 1. The number of amides is 1. The molecule has 162 valence electrons. The first-order valence-electron chi connectivity index (χ1n) is 11.1. The van der Waals surface area contributed by atoms with Crippen LogP contribution in [0.25, 0.3) is 11.0 Å². The van der Waals surface area contributed by atoms with Crippen molar-refractivity contribution in [1.82, 2.24) is 14.5 Å². The predicted molar refractivity (Wildman–Crippen MR) is 126 cm³/mol. The van der Waals surface area contributed by atoms with E-state index in [4.69, 9.17) is 9.72 Å². The summed E-state index contributed by atoms with van der Waals surface area (Å²) in [6.07, 6.45) is 0.495. The van der Waals surface area contributed by atoms with Crippen molar-refractivity contribution < 1.29 is 9.53 Å². The molecule has 1 atom stereocenters. The molecule has 0 aliphatic carbocycles. The number of nitrogens with zero attached hydrogens (tertiary/aromatic N) is 3. The second-order valence-corrected chi connectivity index (χ2v) is 8.44. The van der Waals surface area contributed by atoms with E-state index in [9.17, 15) is 4.79 Å². The molecule has 5 nitrogen and oxygen atoms in total. The van der Waals surface area contributed by atoms with Crippen LogP contribution in [0.15, 0.2) is 78.9 Å². The molecule has 0 N–H and O–H groups in total. The Bertz CT molecular complexity index is 1230. The number of aryl methyl sites for hydroxylation is 1. The minimum Gasteiger partial charge on any atom is -0.492 e. The van der Waals surface area contributed by atoms with Gasteiger partial charge in [0.25, 0.3) is 0 Å². The van der Waals surface area contributed by atoms with E-state index in [1.54, 1.807) is 0 Å². The molecular weight excluding hydrogens is 398 g/mol. The van der Waals surface area contributed by atoms with Gasteiger partial charge in [0, 0.05) is 25.4 Å². The van der Waals surface area contributed by atoms with Crippen molar-refractivity contribution in [3.05, 3.63) is 95.8 Å². The minimum atomic E-state index is 0.0811. The van der Waals surface area contributed by atoms with Crippen LogP contribution in [0.3, 0.4) is 0 Å². The monoisotopic (exact) mass is 425 g/mol. The van der Waals surface area contributed by atoms with Crippen LogP contribution in [0.5, 0.6) is 5.75 Å². The van der Waals surface area contributed by atoms with Gasteiger partial charge in [-0.15, -0.1) is 0 Å². The van der Waals surface area contributed by atoms with Gasteiger partial charge in [0.05, 0.1) is 17.6 Å². The van der Waals surface area contributed by atoms with Crippen LogP contribution >= 0.6 is 0 Å². The molecule has 0 spiro atoms. The number of carbonyl (C=O) groups is 1. The Kier molecular flexibility index (Phi) is 5.63. The number of para-hydroxylation sites is 2. The Hall–Kier alpha value is -3.60. The molecule has 4 aromatic rings. The van der Waals surface area contributed by atoms with E-state index in [0.717, 1.165) is 28.2 Å². The van der Waals surface area contributed by atoms with Gasteiger partial charge in [0.1, 0.15) is 18.2 Å². The summed E-state index contributed by atoms with van der Waals surface area (Å²) in [7, 11) is 0. The summed E-state index contributed by atoms with van der Waals surface area (Å²) in [5.41, 5.74) is 4.39. The summed E-state index contributed by atoms with van der Waals surface area (Å²) in [6.45, 7) is 4.63. The number of benzene rings is 3. The van der Waals surface area contributed by atoms with Crippen molar-refractivity contribution in [1.29, 1.82) is 0 Å². The average Bonchev–Trinajstić information content (AvgIpc) is 3.35. The third-order valence-electron chi connectivity index (χ3n) is 6.05. The fourth-order valence-corrected chi connectivity index (χ4v) is 4.50. The highest BCUT2D eigenvalue weighted by molar-refractivity contribution is 5.81. The lowest BCUT2D eigenvalue weighted by atomic mass is 10.1. The number of imidazole rings is 1. The summed E-state index contributed by atoms with van der Waals surface area (Å²) in [5, 5.41) is 0. The Labute approximate surface area is 188 Å². The molecule has 1 unspecified atom stereocenters. The molecule has 1 saturated heterocycles. The van der Waals surface area contributed by atoms with Gasteiger partial charge in [-0.2, -0.15) is 0 Å². The van der Waals surface area contributed by atoms with Crippen molar-refractivity contribution in [2.75, 3.05) is 13.2 Å². The van der Waals surface area contributed by atoms with Gasteiger partial charge in [-0.25, -0.2) is 4.98 Å². The molecule has 5 rings (SSSR count). The maximum absolute atomic E-state index is 12.8. The zero-order chi connectivity index (χ0) is 21.9. The van der Waals surface area contributed by atoms with E-state index < -0.39 is 0 Å². The van der Waals surface area contributed by atoms with Crippen molar-refractivity contribution in [2.45, 2.75) is 32.4 Å². The number of carbonyl (C=O) groups excluding carboxylic acids is 1. The van der Waals surface area contributed by atoms with Gasteiger partial charge < -0.3 is 14.2 Å². The highest BCUT2D eigenvalue weighted by Crippen LogP contribution is 2.31. The number of aromatic nitrogens is 2. The molecule has 1 aromatic heterocycles. The van der Waals surface area contributed by atoms with Crippen molar-refractivity contribution in [3.63, 3.8) is 0 Å². The summed E-state index contributed by atoms with van der Waals surface area (Å²) in [4.78, 5) is 19.7. The summed E-state index contributed by atoms with van der Waals surface area (Å²) in [5.74, 6) is 2.12. The smallest absolute Gasteiger partial charge is 0.223 e. The van der Waals surface area contributed by atoms with E-state index in [1.165, 1.54) is 5.56 Å². The van der Waals surface area contributed by atoms with Gasteiger partial charge >= 0.3 is 0 Å². The van der Waals surface area contributed by atoms with Gasteiger partial charge in [0.2, 0.25) is 5.91 Å². The topological polar surface area (TPSA) is 47.4 Å². The van der Waals surface area contributed by atoms with Crippen LogP contribution in [-0.4, -0.2) is 33.5 Å². The molecule has 0 saturated carbocycles. The van der Waals surface area contributed by atoms with Crippen molar-refractivity contribution in [2.24, 2.45) is 0 Å². The first-order chi connectivity index (χ1) is 15.7. The standard InChI is InChI=1S/C27H27N3O2/c1-20-8-7-11-23(16-20)32-15-14-30-25-13-6-5-12-24(25)28-27(30)22-17-26(31)29(19-22)18-21-9-3-2-4-10-21/h2-13,16,22H,14-15,17-19H2,1H3. The SMILES string of the molecule is Cc1cccc(OCCn2c(C3CC(=O)N(Cc4ccccc4)C3)nc3ccccc32)c1. The molecule has 32 heavy (non-hydrogen) atoms. The number of hydrogen-bond acceptors (Lipinski definition) is 3. The molecule has 1 amide bonds. The largest absolute Gasteiger partial charge is 0.492 e. The lowest BCUT2D eigenvalue weighted by Gasteiger charge is -2.17. The molecule has 2 heterocycles. The zero-order valence-electron chi connectivity index (χ0n) is 18.3. The van der Waals surface area contributed by atoms with E-state index in [0.29, 0.717) is 32.7 Å². The van der Waals surface area contributed by atoms with E-state index >= 15 is 0 Å². The van der Waals surface area contributed by atoms with Crippen molar-refractivity contribution >= 4 is 16.9 Å². The Morgan fingerprint density at radius 2 is 1.81 bits per heavy atom. The minimum absolute atomic E-state index is 0.0811. The molecule has 3 aromatic carbocycles. The van der Waals surface area contributed by atoms with Crippen LogP contribution in [-0.2, 0) is 17.9 Å². The second-order valence-electron chi connectivity index (χ2n) is 8.44. The normalized spacial score (nSPS) is 16.1. The lowest BCUT2D eigenvalue weighted by molar-refractivity contribution is -0.128. The molecule has 1 aliphatic rings. The van der Waals surface area contributed by atoms with Gasteiger partial charge in [-0.3, -0.25) is 4.79 Å². The Morgan fingerprint density at radius 1 is 1.00 bits per heavy atom. The predicted octanol–water partition coefficient (Wildman–Crippen LogP) is 4.94. The maximum Gasteiger partial charge on any atom is 0.223 e. The second kappa shape index (κ2) is 8.87. The van der Waals surface area contributed by atoms with E-state index in [2.05, 4.69) is 35.8 Å². The molecule has 1 aliphatic heterocycles. The van der Waals surface area contributed by atoms with Gasteiger partial charge in [-0.05, 0) is 42.3 Å². The quantitative estimate of drug-likeness (QED) is 0.421. The fourth-order valence-electron chi connectivity index (χ4n) is 4.50. The maximum atomic E-state index is 12.8. The first-order valence-corrected chi connectivity index (χ1v) is 11.1. The first kappa shape index (κ1) is 20.3. The van der Waals surface area contributed by atoms with E-state index in [1.807, 2.05) is 59.5 Å². The lowest BCUT2D eigenvalue weighted by Crippen LogP contribution is -2.24. The molecule has 5 heteroatoms. The van der Waals surface area contributed by atoms with Gasteiger partial charge in [0.15, 0.2) is 0 Å². The van der Waals surface area contributed by atoms with Crippen LogP contribution in [0.4, 0.5) is 0 Å². The Morgan fingerprint density at radius 3 is 2.66 bits per heavy atom. The van der Waals surface area contributed by atoms with Crippen molar-refractivity contribution in [3.8, 4) is 5.75 Å². The third kappa shape index (κ3) is 4.24. The highest BCUT2D eigenvalue weighted by atomic mass is 16.5. The number of fused-ring (bicyclic) bond motifs is 1. The summed E-state index contributed by atoms with van der Waals surface area (Å²) in [6, 6.07) is 26.4. The molecular formula is C27H27N3O2. The molecule has 0 bridgehead atoms. The van der Waals surface area contributed by atoms with E-state index in [-0.39, 0.29) is 11.8 Å². The molecule has 1 fully saturated rings. The van der Waals surface area contributed by atoms with Crippen LogP contribution in [0.1, 0.15) is 29.3 Å². The van der Waals surface area contributed by atoms with Crippen LogP contribution in [0, 0.1) is 6.92 Å². The Balaban J connectivity index is 1.36.